The third-order valence-electron chi connectivity index (χ3n) is 2.71. The Labute approximate surface area is 92.9 Å². The van der Waals surface area contributed by atoms with Crippen LogP contribution < -0.4 is 0 Å². The minimum atomic E-state index is -0.871. The molecule has 2 rings (SSSR count). The van der Waals surface area contributed by atoms with Gasteiger partial charge in [0, 0.05) is 19.5 Å². The van der Waals surface area contributed by atoms with Gasteiger partial charge in [-0.15, -0.1) is 0 Å². The first-order chi connectivity index (χ1) is 7.58. The standard InChI is InChI=1S/C12H13F2NO/c1-15(12(16)9-3-4-9)7-8-2-5-10(13)11(14)6-8/h2,5-6,9H,3-4,7H2,1H3. The molecule has 2 nitrogen and oxygen atoms in total. The van der Waals surface area contributed by atoms with Gasteiger partial charge < -0.3 is 4.90 Å². The minimum Gasteiger partial charge on any atom is -0.341 e. The molecule has 16 heavy (non-hydrogen) atoms. The SMILES string of the molecule is CN(Cc1ccc(F)c(F)c1)C(=O)C1CC1. The molecule has 0 unspecified atom stereocenters. The van der Waals surface area contributed by atoms with Crippen LogP contribution in [0.3, 0.4) is 0 Å². The summed E-state index contributed by atoms with van der Waals surface area (Å²) in [5, 5.41) is 0. The third-order valence-corrected chi connectivity index (χ3v) is 2.71. The van der Waals surface area contributed by atoms with E-state index in [1.165, 1.54) is 6.07 Å². The molecule has 1 aliphatic rings. The fourth-order valence-electron chi connectivity index (χ4n) is 1.63. The summed E-state index contributed by atoms with van der Waals surface area (Å²) >= 11 is 0. The van der Waals surface area contributed by atoms with Gasteiger partial charge in [-0.3, -0.25) is 4.79 Å². The zero-order valence-electron chi connectivity index (χ0n) is 9.04. The maximum Gasteiger partial charge on any atom is 0.225 e. The summed E-state index contributed by atoms with van der Waals surface area (Å²) in [6.45, 7) is 0.326. The highest BCUT2D eigenvalue weighted by atomic mass is 19.2. The Kier molecular flexibility index (Phi) is 2.90. The molecule has 0 heterocycles. The Bertz CT molecular complexity index is 415. The van der Waals surface area contributed by atoms with Crippen molar-refractivity contribution in [1.82, 2.24) is 4.90 Å². The van der Waals surface area contributed by atoms with Gasteiger partial charge in [0.15, 0.2) is 11.6 Å². The average molecular weight is 225 g/mol. The van der Waals surface area contributed by atoms with E-state index in [1.807, 2.05) is 0 Å². The molecule has 0 aromatic heterocycles. The predicted molar refractivity (Wildman–Crippen MR) is 55.6 cm³/mol. The van der Waals surface area contributed by atoms with Crippen LogP contribution in [0, 0.1) is 17.6 Å². The van der Waals surface area contributed by atoms with Crippen LogP contribution in [0.15, 0.2) is 18.2 Å². The molecule has 0 atom stereocenters. The lowest BCUT2D eigenvalue weighted by Gasteiger charge is -2.16. The smallest absolute Gasteiger partial charge is 0.225 e. The maximum absolute atomic E-state index is 12.9. The van der Waals surface area contributed by atoms with E-state index < -0.39 is 11.6 Å². The molecule has 1 fully saturated rings. The highest BCUT2D eigenvalue weighted by molar-refractivity contribution is 5.80. The van der Waals surface area contributed by atoms with E-state index in [4.69, 9.17) is 0 Å². The molecule has 0 spiro atoms. The summed E-state index contributed by atoms with van der Waals surface area (Å²) in [6.07, 6.45) is 1.89. The number of rotatable bonds is 3. The number of benzene rings is 1. The van der Waals surface area contributed by atoms with Crippen molar-refractivity contribution in [3.63, 3.8) is 0 Å². The van der Waals surface area contributed by atoms with Crippen LogP contribution in [-0.4, -0.2) is 17.9 Å². The first kappa shape index (κ1) is 11.0. The van der Waals surface area contributed by atoms with Crippen LogP contribution in [0.1, 0.15) is 18.4 Å². The lowest BCUT2D eigenvalue weighted by atomic mass is 10.2. The molecule has 1 aliphatic carbocycles. The van der Waals surface area contributed by atoms with Gasteiger partial charge in [0.2, 0.25) is 5.91 Å². The summed E-state index contributed by atoms with van der Waals surface area (Å²) < 4.78 is 25.6. The zero-order valence-corrected chi connectivity index (χ0v) is 9.04. The van der Waals surface area contributed by atoms with Crippen molar-refractivity contribution >= 4 is 5.91 Å². The number of amides is 1. The van der Waals surface area contributed by atoms with Gasteiger partial charge in [-0.1, -0.05) is 6.07 Å². The number of nitrogens with zero attached hydrogens (tertiary/aromatic N) is 1. The lowest BCUT2D eigenvalue weighted by Crippen LogP contribution is -2.27. The van der Waals surface area contributed by atoms with Crippen LogP contribution >= 0.6 is 0 Å². The van der Waals surface area contributed by atoms with Crippen molar-refractivity contribution in [2.75, 3.05) is 7.05 Å². The fourth-order valence-corrected chi connectivity index (χ4v) is 1.63. The van der Waals surface area contributed by atoms with Crippen LogP contribution in [0.2, 0.25) is 0 Å². The Balaban J connectivity index is 2.02. The topological polar surface area (TPSA) is 20.3 Å². The molecule has 0 aliphatic heterocycles. The number of carbonyl (C=O) groups excluding carboxylic acids is 1. The van der Waals surface area contributed by atoms with Crippen molar-refractivity contribution < 1.29 is 13.6 Å². The second kappa shape index (κ2) is 4.20. The molecular weight excluding hydrogens is 212 g/mol. The van der Waals surface area contributed by atoms with Crippen LogP contribution in [0.25, 0.3) is 0 Å². The second-order valence-corrected chi connectivity index (χ2v) is 4.22. The molecule has 0 saturated heterocycles. The lowest BCUT2D eigenvalue weighted by molar-refractivity contribution is -0.131. The van der Waals surface area contributed by atoms with E-state index >= 15 is 0 Å². The maximum atomic E-state index is 12.9. The molecule has 0 N–H and O–H groups in total. The third kappa shape index (κ3) is 2.38. The Morgan fingerprint density at radius 1 is 1.38 bits per heavy atom. The Hall–Kier alpha value is -1.45. The highest BCUT2D eigenvalue weighted by Gasteiger charge is 2.31. The first-order valence-corrected chi connectivity index (χ1v) is 5.27. The van der Waals surface area contributed by atoms with E-state index in [0.717, 1.165) is 25.0 Å². The number of carbonyl (C=O) groups is 1. The molecular formula is C12H13F2NO. The molecule has 1 amide bonds. The Morgan fingerprint density at radius 2 is 2.06 bits per heavy atom. The van der Waals surface area contributed by atoms with Crippen LogP contribution in [0.5, 0.6) is 0 Å². The summed E-state index contributed by atoms with van der Waals surface area (Å²) in [5.41, 5.74) is 0.607. The number of hydrogen-bond donors (Lipinski definition) is 0. The predicted octanol–water partition coefficient (Wildman–Crippen LogP) is 2.33. The first-order valence-electron chi connectivity index (χ1n) is 5.27. The summed E-state index contributed by atoms with van der Waals surface area (Å²) in [4.78, 5) is 13.2. The van der Waals surface area contributed by atoms with Gasteiger partial charge in [0.1, 0.15) is 0 Å². The van der Waals surface area contributed by atoms with Gasteiger partial charge in [-0.25, -0.2) is 8.78 Å². The minimum absolute atomic E-state index is 0.0877. The van der Waals surface area contributed by atoms with Gasteiger partial charge in [-0.2, -0.15) is 0 Å². The van der Waals surface area contributed by atoms with Gasteiger partial charge in [-0.05, 0) is 30.5 Å². The van der Waals surface area contributed by atoms with Crippen molar-refractivity contribution in [3.05, 3.63) is 35.4 Å². The van der Waals surface area contributed by atoms with E-state index in [-0.39, 0.29) is 11.8 Å². The average Bonchev–Trinajstić information content (AvgIpc) is 3.06. The highest BCUT2D eigenvalue weighted by Crippen LogP contribution is 2.31. The summed E-state index contributed by atoms with van der Waals surface area (Å²) in [7, 11) is 1.68. The van der Waals surface area contributed by atoms with E-state index in [9.17, 15) is 13.6 Å². The van der Waals surface area contributed by atoms with Gasteiger partial charge in [0.25, 0.3) is 0 Å². The quantitative estimate of drug-likeness (QED) is 0.773. The summed E-state index contributed by atoms with van der Waals surface area (Å²) in [5.74, 6) is -1.50. The van der Waals surface area contributed by atoms with Crippen molar-refractivity contribution in [2.45, 2.75) is 19.4 Å². The molecule has 1 saturated carbocycles. The molecule has 4 heteroatoms. The molecule has 1 aromatic carbocycles. The normalized spacial score (nSPS) is 14.9. The second-order valence-electron chi connectivity index (χ2n) is 4.22. The monoisotopic (exact) mass is 225 g/mol. The van der Waals surface area contributed by atoms with E-state index in [2.05, 4.69) is 0 Å². The van der Waals surface area contributed by atoms with E-state index in [0.29, 0.717) is 12.1 Å². The molecule has 86 valence electrons. The van der Waals surface area contributed by atoms with Crippen molar-refractivity contribution in [2.24, 2.45) is 5.92 Å². The summed E-state index contributed by atoms with van der Waals surface area (Å²) in [6, 6.07) is 3.71. The number of hydrogen-bond acceptors (Lipinski definition) is 1. The zero-order chi connectivity index (χ0) is 11.7. The van der Waals surface area contributed by atoms with Gasteiger partial charge >= 0.3 is 0 Å². The van der Waals surface area contributed by atoms with Crippen LogP contribution in [0.4, 0.5) is 8.78 Å². The molecule has 1 aromatic rings. The van der Waals surface area contributed by atoms with Crippen molar-refractivity contribution in [3.8, 4) is 0 Å². The Morgan fingerprint density at radius 3 is 2.62 bits per heavy atom. The van der Waals surface area contributed by atoms with E-state index in [1.54, 1.807) is 11.9 Å². The van der Waals surface area contributed by atoms with Crippen LogP contribution in [-0.2, 0) is 11.3 Å². The number of halogens is 2. The largest absolute Gasteiger partial charge is 0.341 e. The fraction of sp³-hybridized carbons (Fsp3) is 0.417. The molecule has 0 radical (unpaired) electrons. The van der Waals surface area contributed by atoms with Gasteiger partial charge in [0.05, 0.1) is 0 Å². The van der Waals surface area contributed by atoms with Crippen molar-refractivity contribution in [1.29, 1.82) is 0 Å². The molecule has 0 bridgehead atoms.